The summed E-state index contributed by atoms with van der Waals surface area (Å²) in [4.78, 5) is 38.1. The van der Waals surface area contributed by atoms with E-state index in [1.54, 1.807) is 0 Å². The Hall–Kier alpha value is -1.59. The average Bonchev–Trinajstić information content (AvgIpc) is 3.25. The molecule has 0 saturated carbocycles. The molecule has 0 aliphatic heterocycles. The number of esters is 3. The van der Waals surface area contributed by atoms with Gasteiger partial charge in [-0.2, -0.15) is 0 Å². The fraction of sp³-hybridized carbons (Fsp3) is 0.947. The second kappa shape index (κ2) is 49.8. The van der Waals surface area contributed by atoms with Gasteiger partial charge in [0.2, 0.25) is 0 Å². The first kappa shape index (κ1) is 61.4. The van der Waals surface area contributed by atoms with Crippen LogP contribution in [-0.4, -0.2) is 37.2 Å². The molecule has 6 heteroatoms. The Morgan fingerprint density at radius 1 is 0.302 bits per heavy atom. The summed E-state index contributed by atoms with van der Waals surface area (Å²) in [5.74, 6) is 0.825. The van der Waals surface area contributed by atoms with Crippen LogP contribution in [0.25, 0.3) is 0 Å². The summed E-state index contributed by atoms with van der Waals surface area (Å²) in [5, 5.41) is 0. The molecule has 0 spiro atoms. The van der Waals surface area contributed by atoms with E-state index >= 15 is 0 Å². The predicted molar refractivity (Wildman–Crippen MR) is 270 cm³/mol. The Balaban J connectivity index is 4.29. The molecule has 374 valence electrons. The van der Waals surface area contributed by atoms with E-state index in [2.05, 4.69) is 34.6 Å². The smallest absolute Gasteiger partial charge is 0.306 e. The number of carbonyl (C=O) groups is 3. The number of unbranched alkanes of at least 4 members (excludes halogenated alkanes) is 36. The Morgan fingerprint density at radius 2 is 0.524 bits per heavy atom. The molecule has 0 heterocycles. The predicted octanol–water partition coefficient (Wildman–Crippen LogP) is 18.5. The monoisotopic (exact) mass is 891 g/mol. The van der Waals surface area contributed by atoms with E-state index in [1.165, 1.54) is 205 Å². The van der Waals surface area contributed by atoms with E-state index in [-0.39, 0.29) is 31.1 Å². The van der Waals surface area contributed by atoms with Crippen LogP contribution in [0.15, 0.2) is 0 Å². The van der Waals surface area contributed by atoms with Crippen molar-refractivity contribution in [2.24, 2.45) is 11.8 Å². The molecule has 0 N–H and O–H groups in total. The van der Waals surface area contributed by atoms with Crippen LogP contribution < -0.4 is 0 Å². The van der Waals surface area contributed by atoms with Gasteiger partial charge in [-0.15, -0.1) is 0 Å². The fourth-order valence-corrected chi connectivity index (χ4v) is 8.70. The lowest BCUT2D eigenvalue weighted by Crippen LogP contribution is -2.30. The van der Waals surface area contributed by atoms with Crippen LogP contribution in [0.1, 0.15) is 317 Å². The van der Waals surface area contributed by atoms with Crippen molar-refractivity contribution in [3.05, 3.63) is 0 Å². The van der Waals surface area contributed by atoms with Crippen LogP contribution in [0, 0.1) is 11.8 Å². The number of hydrogen-bond donors (Lipinski definition) is 0. The third-order valence-corrected chi connectivity index (χ3v) is 13.0. The molecular formula is C57H110O6. The van der Waals surface area contributed by atoms with Crippen molar-refractivity contribution in [3.63, 3.8) is 0 Å². The molecule has 0 aliphatic carbocycles. The van der Waals surface area contributed by atoms with E-state index in [0.717, 1.165) is 69.6 Å². The highest BCUT2D eigenvalue weighted by Gasteiger charge is 2.19. The highest BCUT2D eigenvalue weighted by atomic mass is 16.6. The van der Waals surface area contributed by atoms with Crippen LogP contribution in [0.4, 0.5) is 0 Å². The van der Waals surface area contributed by atoms with Gasteiger partial charge in [0, 0.05) is 19.3 Å². The van der Waals surface area contributed by atoms with Gasteiger partial charge in [-0.3, -0.25) is 14.4 Å². The van der Waals surface area contributed by atoms with Crippen molar-refractivity contribution < 1.29 is 28.6 Å². The van der Waals surface area contributed by atoms with Crippen molar-refractivity contribution in [1.82, 2.24) is 0 Å². The molecule has 0 aliphatic rings. The van der Waals surface area contributed by atoms with Gasteiger partial charge in [0.05, 0.1) is 0 Å². The van der Waals surface area contributed by atoms with Gasteiger partial charge in [-0.05, 0) is 31.1 Å². The normalized spacial score (nSPS) is 12.0. The molecule has 0 aromatic heterocycles. The summed E-state index contributed by atoms with van der Waals surface area (Å²) in [7, 11) is 0. The molecule has 0 unspecified atom stereocenters. The van der Waals surface area contributed by atoms with Crippen LogP contribution in [0.2, 0.25) is 0 Å². The maximum atomic E-state index is 12.8. The molecule has 0 amide bonds. The van der Waals surface area contributed by atoms with Crippen molar-refractivity contribution in [2.45, 2.75) is 323 Å². The summed E-state index contributed by atoms with van der Waals surface area (Å²) >= 11 is 0. The quantitative estimate of drug-likeness (QED) is 0.0344. The minimum atomic E-state index is -0.762. The zero-order chi connectivity index (χ0) is 46.1. The Labute approximate surface area is 393 Å². The minimum absolute atomic E-state index is 0.0629. The topological polar surface area (TPSA) is 78.9 Å². The van der Waals surface area contributed by atoms with Crippen molar-refractivity contribution >= 4 is 17.9 Å². The van der Waals surface area contributed by atoms with Crippen LogP contribution >= 0.6 is 0 Å². The van der Waals surface area contributed by atoms with Gasteiger partial charge in [-0.25, -0.2) is 0 Å². The number of rotatable bonds is 51. The molecule has 1 atom stereocenters. The number of ether oxygens (including phenoxy) is 3. The maximum absolute atomic E-state index is 12.8. The average molecular weight is 892 g/mol. The molecule has 63 heavy (non-hydrogen) atoms. The van der Waals surface area contributed by atoms with Gasteiger partial charge < -0.3 is 14.2 Å². The zero-order valence-electron chi connectivity index (χ0n) is 43.2. The summed E-state index contributed by atoms with van der Waals surface area (Å²) in [6.07, 6.45) is 52.3. The second-order valence-electron chi connectivity index (χ2n) is 20.5. The molecule has 6 nitrogen and oxygen atoms in total. The van der Waals surface area contributed by atoms with E-state index in [4.69, 9.17) is 14.2 Å². The summed E-state index contributed by atoms with van der Waals surface area (Å²) in [6, 6.07) is 0. The van der Waals surface area contributed by atoms with Crippen molar-refractivity contribution in [1.29, 1.82) is 0 Å². The zero-order valence-corrected chi connectivity index (χ0v) is 43.2. The first-order valence-corrected chi connectivity index (χ1v) is 28.2. The van der Waals surface area contributed by atoms with E-state index < -0.39 is 6.10 Å². The van der Waals surface area contributed by atoms with Crippen molar-refractivity contribution in [3.8, 4) is 0 Å². The molecule has 0 radical (unpaired) electrons. The summed E-state index contributed by atoms with van der Waals surface area (Å²) in [5.41, 5.74) is 0. The van der Waals surface area contributed by atoms with Gasteiger partial charge in [0.15, 0.2) is 6.10 Å². The minimum Gasteiger partial charge on any atom is -0.462 e. The highest BCUT2D eigenvalue weighted by molar-refractivity contribution is 5.71. The molecular weight excluding hydrogens is 781 g/mol. The molecule has 0 bridgehead atoms. The molecule has 0 aromatic rings. The second-order valence-corrected chi connectivity index (χ2v) is 20.5. The Kier molecular flexibility index (Phi) is 48.6. The molecule has 0 fully saturated rings. The first-order valence-electron chi connectivity index (χ1n) is 28.2. The molecule has 0 saturated heterocycles. The Morgan fingerprint density at radius 3 is 0.778 bits per heavy atom. The Bertz CT molecular complexity index is 962. The number of hydrogen-bond acceptors (Lipinski definition) is 6. The largest absolute Gasteiger partial charge is 0.462 e. The number of carbonyl (C=O) groups excluding carboxylic acids is 3. The molecule has 0 aromatic carbocycles. The lowest BCUT2D eigenvalue weighted by Gasteiger charge is -2.18. The third kappa shape index (κ3) is 51.3. The maximum Gasteiger partial charge on any atom is 0.306 e. The van der Waals surface area contributed by atoms with Crippen LogP contribution in [-0.2, 0) is 28.6 Å². The van der Waals surface area contributed by atoms with E-state index in [0.29, 0.717) is 19.3 Å². The van der Waals surface area contributed by atoms with Crippen LogP contribution in [0.3, 0.4) is 0 Å². The third-order valence-electron chi connectivity index (χ3n) is 13.0. The van der Waals surface area contributed by atoms with Crippen LogP contribution in [0.5, 0.6) is 0 Å². The first-order chi connectivity index (χ1) is 30.7. The fourth-order valence-electron chi connectivity index (χ4n) is 8.70. The van der Waals surface area contributed by atoms with Gasteiger partial charge in [0.25, 0.3) is 0 Å². The molecule has 0 rings (SSSR count). The lowest BCUT2D eigenvalue weighted by molar-refractivity contribution is -0.167. The van der Waals surface area contributed by atoms with Gasteiger partial charge in [0.1, 0.15) is 13.2 Å². The SMILES string of the molecule is CCCCCCCCCCCCCCCCC(=O)OC[C@@H](COC(=O)CCCCCCCCCCCCC(C)C)OC(=O)CCCCCCCCCCCCCCCCCC(C)C. The summed E-state index contributed by atoms with van der Waals surface area (Å²) in [6.45, 7) is 11.4. The van der Waals surface area contributed by atoms with Gasteiger partial charge in [-0.1, -0.05) is 279 Å². The van der Waals surface area contributed by atoms with E-state index in [1.807, 2.05) is 0 Å². The highest BCUT2D eigenvalue weighted by Crippen LogP contribution is 2.18. The van der Waals surface area contributed by atoms with Gasteiger partial charge >= 0.3 is 17.9 Å². The standard InChI is InChI=1S/C57H110O6/c1-6-7-8-9-10-11-12-13-18-21-27-32-37-42-47-55(58)61-50-54(51-62-56(59)48-43-38-33-28-24-23-26-31-36-41-46-53(4)5)63-57(60)49-44-39-34-29-22-19-16-14-15-17-20-25-30-35-40-45-52(2)3/h52-54H,6-51H2,1-5H3/t54-/m0/s1. The van der Waals surface area contributed by atoms with Crippen molar-refractivity contribution in [2.75, 3.05) is 13.2 Å². The summed E-state index contributed by atoms with van der Waals surface area (Å²) < 4.78 is 16.9. The van der Waals surface area contributed by atoms with E-state index in [9.17, 15) is 14.4 Å². The lowest BCUT2D eigenvalue weighted by atomic mass is 10.0.